The SMILES string of the molecule is CC(OC(=O)c1ccccc1C(=O)OC(C)C(C)(C)C)C(C)(C)C. The normalized spacial score (nSPS) is 14.7. The molecule has 0 spiro atoms. The van der Waals surface area contributed by atoms with Gasteiger partial charge in [0.2, 0.25) is 0 Å². The predicted molar refractivity (Wildman–Crippen MR) is 95.1 cm³/mol. The number of carbonyl (C=O) groups excluding carboxylic acids is 2. The minimum absolute atomic E-state index is 0.175. The van der Waals surface area contributed by atoms with Crippen LogP contribution in [0.5, 0.6) is 0 Å². The van der Waals surface area contributed by atoms with Crippen molar-refractivity contribution in [2.75, 3.05) is 0 Å². The molecule has 0 saturated heterocycles. The molecule has 0 amide bonds. The van der Waals surface area contributed by atoms with Gasteiger partial charge in [-0.05, 0) is 36.8 Å². The van der Waals surface area contributed by atoms with Gasteiger partial charge in [-0.1, -0.05) is 53.7 Å². The van der Waals surface area contributed by atoms with Crippen molar-refractivity contribution in [1.82, 2.24) is 0 Å². The summed E-state index contributed by atoms with van der Waals surface area (Å²) < 4.78 is 11.0. The van der Waals surface area contributed by atoms with Crippen molar-refractivity contribution in [1.29, 1.82) is 0 Å². The second-order valence-corrected chi connectivity index (χ2v) is 8.37. The van der Waals surface area contributed by atoms with Gasteiger partial charge >= 0.3 is 11.9 Å². The lowest BCUT2D eigenvalue weighted by atomic mass is 9.90. The van der Waals surface area contributed by atoms with Crippen LogP contribution in [0.15, 0.2) is 24.3 Å². The lowest BCUT2D eigenvalue weighted by molar-refractivity contribution is 0.000668. The molecule has 0 radical (unpaired) electrons. The van der Waals surface area contributed by atoms with Crippen molar-refractivity contribution in [3.8, 4) is 0 Å². The highest BCUT2D eigenvalue weighted by atomic mass is 16.6. The molecule has 0 N–H and O–H groups in total. The fraction of sp³-hybridized carbons (Fsp3) is 0.600. The van der Waals surface area contributed by atoms with E-state index in [0.29, 0.717) is 0 Å². The van der Waals surface area contributed by atoms with Crippen LogP contribution < -0.4 is 0 Å². The van der Waals surface area contributed by atoms with Gasteiger partial charge < -0.3 is 9.47 Å². The molecular formula is C20H30O4. The third-order valence-electron chi connectivity index (χ3n) is 4.37. The van der Waals surface area contributed by atoms with Crippen LogP contribution in [0.1, 0.15) is 76.1 Å². The van der Waals surface area contributed by atoms with Gasteiger partial charge in [-0.3, -0.25) is 0 Å². The Morgan fingerprint density at radius 2 is 1.04 bits per heavy atom. The second-order valence-electron chi connectivity index (χ2n) is 8.37. The fourth-order valence-corrected chi connectivity index (χ4v) is 1.64. The summed E-state index contributed by atoms with van der Waals surface area (Å²) in [6.45, 7) is 15.7. The van der Waals surface area contributed by atoms with E-state index in [1.165, 1.54) is 0 Å². The van der Waals surface area contributed by atoms with Gasteiger partial charge in [0.1, 0.15) is 12.2 Å². The van der Waals surface area contributed by atoms with Crippen molar-refractivity contribution < 1.29 is 19.1 Å². The summed E-state index contributed by atoms with van der Waals surface area (Å²) in [7, 11) is 0. The highest BCUT2D eigenvalue weighted by Crippen LogP contribution is 2.25. The Hall–Kier alpha value is -1.84. The average molecular weight is 334 g/mol. The van der Waals surface area contributed by atoms with Gasteiger partial charge in [0.15, 0.2) is 0 Å². The molecule has 2 unspecified atom stereocenters. The molecular weight excluding hydrogens is 304 g/mol. The van der Waals surface area contributed by atoms with Crippen LogP contribution in [0, 0.1) is 10.8 Å². The molecule has 1 aromatic carbocycles. The maximum absolute atomic E-state index is 12.5. The van der Waals surface area contributed by atoms with Crippen molar-refractivity contribution in [3.05, 3.63) is 35.4 Å². The summed E-state index contributed by atoms with van der Waals surface area (Å²) in [5.41, 5.74) is 0.122. The number of ether oxygens (including phenoxy) is 2. The Morgan fingerprint density at radius 3 is 1.29 bits per heavy atom. The molecule has 0 heterocycles. The van der Waals surface area contributed by atoms with Crippen molar-refractivity contribution in [3.63, 3.8) is 0 Å². The van der Waals surface area contributed by atoms with Gasteiger partial charge in [-0.15, -0.1) is 0 Å². The number of benzene rings is 1. The third-order valence-corrected chi connectivity index (χ3v) is 4.37. The van der Waals surface area contributed by atoms with Crippen LogP contribution in [0.25, 0.3) is 0 Å². The van der Waals surface area contributed by atoms with Crippen LogP contribution >= 0.6 is 0 Å². The van der Waals surface area contributed by atoms with E-state index in [4.69, 9.17) is 9.47 Å². The van der Waals surface area contributed by atoms with Crippen molar-refractivity contribution in [2.24, 2.45) is 10.8 Å². The van der Waals surface area contributed by atoms with Gasteiger partial charge in [0.25, 0.3) is 0 Å². The third kappa shape index (κ3) is 5.36. The zero-order valence-corrected chi connectivity index (χ0v) is 16.1. The Labute approximate surface area is 145 Å². The maximum Gasteiger partial charge on any atom is 0.339 e. The van der Waals surface area contributed by atoms with Gasteiger partial charge in [0.05, 0.1) is 11.1 Å². The van der Waals surface area contributed by atoms with Crippen LogP contribution in [0.3, 0.4) is 0 Å². The Bertz CT molecular complexity index is 537. The van der Waals surface area contributed by atoms with Gasteiger partial charge in [-0.2, -0.15) is 0 Å². The molecule has 4 nitrogen and oxygen atoms in total. The quantitative estimate of drug-likeness (QED) is 0.737. The molecule has 0 aliphatic carbocycles. The van der Waals surface area contributed by atoms with E-state index in [9.17, 15) is 9.59 Å². The highest BCUT2D eigenvalue weighted by Gasteiger charge is 2.29. The van der Waals surface area contributed by atoms with Crippen LogP contribution in [0.2, 0.25) is 0 Å². The zero-order chi connectivity index (χ0) is 18.7. The van der Waals surface area contributed by atoms with Gasteiger partial charge in [-0.25, -0.2) is 9.59 Å². The summed E-state index contributed by atoms with van der Waals surface area (Å²) in [4.78, 5) is 25.0. The van der Waals surface area contributed by atoms with Crippen LogP contribution in [-0.4, -0.2) is 24.1 Å². The summed E-state index contributed by atoms with van der Waals surface area (Å²) in [6, 6.07) is 6.61. The molecule has 4 heteroatoms. The molecule has 0 saturated carbocycles. The number of carbonyl (C=O) groups is 2. The Balaban J connectivity index is 3.00. The molecule has 134 valence electrons. The van der Waals surface area contributed by atoms with E-state index >= 15 is 0 Å². The zero-order valence-electron chi connectivity index (χ0n) is 16.1. The first-order chi connectivity index (χ1) is 10.8. The number of hydrogen-bond acceptors (Lipinski definition) is 4. The minimum Gasteiger partial charge on any atom is -0.459 e. The molecule has 0 bridgehead atoms. The molecule has 0 fully saturated rings. The second kappa shape index (κ2) is 7.37. The van der Waals surface area contributed by atoms with E-state index in [-0.39, 0.29) is 34.2 Å². The molecule has 0 aliphatic rings. The Morgan fingerprint density at radius 1 is 0.750 bits per heavy atom. The number of esters is 2. The summed E-state index contributed by atoms with van der Waals surface area (Å²) in [6.07, 6.45) is -0.551. The standard InChI is InChI=1S/C20H30O4/c1-13(19(3,4)5)23-17(21)15-11-9-10-12-16(15)18(22)24-14(2)20(6,7)8/h9-14H,1-8H3. The first-order valence-electron chi connectivity index (χ1n) is 8.35. The smallest absolute Gasteiger partial charge is 0.339 e. The molecule has 1 rings (SSSR count). The monoisotopic (exact) mass is 334 g/mol. The van der Waals surface area contributed by atoms with E-state index in [1.807, 2.05) is 55.4 Å². The summed E-state index contributed by atoms with van der Waals surface area (Å²) in [5, 5.41) is 0. The molecule has 0 aromatic heterocycles. The van der Waals surface area contributed by atoms with E-state index < -0.39 is 11.9 Å². The summed E-state index contributed by atoms with van der Waals surface area (Å²) in [5.74, 6) is -1.01. The van der Waals surface area contributed by atoms with Gasteiger partial charge in [0, 0.05) is 0 Å². The molecule has 2 atom stereocenters. The summed E-state index contributed by atoms with van der Waals surface area (Å²) >= 11 is 0. The lowest BCUT2D eigenvalue weighted by Crippen LogP contribution is -2.31. The molecule has 0 aliphatic heterocycles. The van der Waals surface area contributed by atoms with Crippen molar-refractivity contribution in [2.45, 2.75) is 67.6 Å². The average Bonchev–Trinajstić information content (AvgIpc) is 2.45. The lowest BCUT2D eigenvalue weighted by Gasteiger charge is -2.28. The molecule has 1 aromatic rings. The largest absolute Gasteiger partial charge is 0.459 e. The minimum atomic E-state index is -0.506. The van der Waals surface area contributed by atoms with E-state index in [0.717, 1.165) is 0 Å². The highest BCUT2D eigenvalue weighted by molar-refractivity contribution is 6.03. The van der Waals surface area contributed by atoms with Crippen LogP contribution in [-0.2, 0) is 9.47 Å². The Kier molecular flexibility index (Phi) is 6.20. The fourth-order valence-electron chi connectivity index (χ4n) is 1.64. The van der Waals surface area contributed by atoms with E-state index in [2.05, 4.69) is 0 Å². The predicted octanol–water partition coefficient (Wildman–Crippen LogP) is 4.87. The first kappa shape index (κ1) is 20.2. The van der Waals surface area contributed by atoms with Crippen LogP contribution in [0.4, 0.5) is 0 Å². The first-order valence-corrected chi connectivity index (χ1v) is 8.35. The molecule has 24 heavy (non-hydrogen) atoms. The number of rotatable bonds is 4. The van der Waals surface area contributed by atoms with E-state index in [1.54, 1.807) is 24.3 Å². The van der Waals surface area contributed by atoms with Crippen molar-refractivity contribution >= 4 is 11.9 Å². The topological polar surface area (TPSA) is 52.6 Å². The number of hydrogen-bond donors (Lipinski definition) is 0. The maximum atomic E-state index is 12.5.